The molecule has 1 unspecified atom stereocenters. The fraction of sp³-hybridized carbons (Fsp3) is 0.250. The number of H-pyrrole nitrogens is 1. The van der Waals surface area contributed by atoms with Crippen molar-refractivity contribution >= 4 is 15.7 Å². The van der Waals surface area contributed by atoms with Gasteiger partial charge in [-0.2, -0.15) is 5.10 Å². The van der Waals surface area contributed by atoms with Gasteiger partial charge in [0.05, 0.1) is 10.9 Å². The van der Waals surface area contributed by atoms with Crippen LogP contribution >= 0.6 is 0 Å². The number of aromatic nitrogens is 3. The highest BCUT2D eigenvalue weighted by Crippen LogP contribution is 2.12. The molecule has 0 saturated heterocycles. The van der Waals surface area contributed by atoms with Crippen molar-refractivity contribution in [1.82, 2.24) is 20.5 Å². The molecule has 7 nitrogen and oxygen atoms in total. The monoisotopic (exact) mass is 294 g/mol. The second kappa shape index (κ2) is 5.41. The molecule has 20 heavy (non-hydrogen) atoms. The van der Waals surface area contributed by atoms with Crippen LogP contribution in [0.2, 0.25) is 0 Å². The summed E-state index contributed by atoms with van der Waals surface area (Å²) in [5, 5.41) is 9.11. The van der Waals surface area contributed by atoms with Crippen LogP contribution in [0.3, 0.4) is 0 Å². The van der Waals surface area contributed by atoms with Crippen molar-refractivity contribution in [2.24, 2.45) is 0 Å². The van der Waals surface area contributed by atoms with Crippen LogP contribution in [0, 0.1) is 0 Å². The Bertz CT molecular complexity index is 693. The number of carbonyl (C=O) groups is 1. The van der Waals surface area contributed by atoms with Crippen LogP contribution in [0.5, 0.6) is 0 Å². The maximum absolute atomic E-state index is 12.0. The van der Waals surface area contributed by atoms with E-state index >= 15 is 0 Å². The van der Waals surface area contributed by atoms with E-state index in [1.165, 1.54) is 30.6 Å². The summed E-state index contributed by atoms with van der Waals surface area (Å²) in [6.07, 6.45) is 2.48. The molecule has 8 heteroatoms. The number of hydrogen-bond donors (Lipinski definition) is 2. The van der Waals surface area contributed by atoms with Crippen molar-refractivity contribution < 1.29 is 13.2 Å². The van der Waals surface area contributed by atoms with Gasteiger partial charge in [-0.3, -0.25) is 9.89 Å². The Kier molecular flexibility index (Phi) is 3.84. The maximum atomic E-state index is 12.0. The van der Waals surface area contributed by atoms with Crippen molar-refractivity contribution in [1.29, 1.82) is 0 Å². The topological polar surface area (TPSA) is 105 Å². The molecule has 2 rings (SSSR count). The number of hydrogen-bond acceptors (Lipinski definition) is 5. The van der Waals surface area contributed by atoms with Crippen molar-refractivity contribution in [2.45, 2.75) is 17.9 Å². The van der Waals surface area contributed by atoms with E-state index in [1.807, 2.05) is 0 Å². The van der Waals surface area contributed by atoms with Crippen LogP contribution < -0.4 is 5.32 Å². The zero-order valence-corrected chi connectivity index (χ0v) is 11.8. The summed E-state index contributed by atoms with van der Waals surface area (Å²) in [5.74, 6) is 0.236. The third kappa shape index (κ3) is 3.21. The van der Waals surface area contributed by atoms with Crippen molar-refractivity contribution in [2.75, 3.05) is 6.26 Å². The first kappa shape index (κ1) is 14.2. The largest absolute Gasteiger partial charge is 0.342 e. The molecule has 0 radical (unpaired) electrons. The second-order valence-corrected chi connectivity index (χ2v) is 6.38. The highest BCUT2D eigenvalue weighted by Gasteiger charge is 2.14. The molecule has 2 N–H and O–H groups in total. The molecule has 1 heterocycles. The average molecular weight is 294 g/mol. The lowest BCUT2D eigenvalue weighted by molar-refractivity contribution is 0.0938. The Morgan fingerprint density at radius 2 is 1.95 bits per heavy atom. The molecule has 1 aromatic heterocycles. The molecule has 106 valence electrons. The SMILES string of the molecule is CC(NC(=O)c1ccc(S(C)(=O)=O)cc1)c1ncn[nH]1. The fourth-order valence-corrected chi connectivity index (χ4v) is 2.26. The Labute approximate surface area is 116 Å². The van der Waals surface area contributed by atoms with E-state index < -0.39 is 9.84 Å². The molecule has 0 saturated carbocycles. The van der Waals surface area contributed by atoms with E-state index in [0.29, 0.717) is 11.4 Å². The third-order valence-corrected chi connectivity index (χ3v) is 3.86. The predicted molar refractivity (Wildman–Crippen MR) is 71.8 cm³/mol. The summed E-state index contributed by atoms with van der Waals surface area (Å²) >= 11 is 0. The van der Waals surface area contributed by atoms with Gasteiger partial charge in [-0.25, -0.2) is 13.4 Å². The quantitative estimate of drug-likeness (QED) is 0.863. The normalized spacial score (nSPS) is 12.9. The first-order chi connectivity index (χ1) is 9.38. The molecule has 0 spiro atoms. The van der Waals surface area contributed by atoms with Crippen LogP contribution in [-0.4, -0.2) is 35.8 Å². The van der Waals surface area contributed by atoms with Crippen LogP contribution in [0.4, 0.5) is 0 Å². The van der Waals surface area contributed by atoms with Crippen molar-refractivity contribution in [3.8, 4) is 0 Å². The lowest BCUT2D eigenvalue weighted by atomic mass is 10.2. The van der Waals surface area contributed by atoms with Gasteiger partial charge < -0.3 is 5.32 Å². The lowest BCUT2D eigenvalue weighted by Crippen LogP contribution is -2.27. The van der Waals surface area contributed by atoms with Crippen LogP contribution in [0.25, 0.3) is 0 Å². The molecule has 1 atom stereocenters. The van der Waals surface area contributed by atoms with E-state index in [9.17, 15) is 13.2 Å². The smallest absolute Gasteiger partial charge is 0.251 e. The highest BCUT2D eigenvalue weighted by atomic mass is 32.2. The molecule has 0 bridgehead atoms. The minimum absolute atomic E-state index is 0.178. The Morgan fingerprint density at radius 3 is 2.45 bits per heavy atom. The Morgan fingerprint density at radius 1 is 1.30 bits per heavy atom. The molecular weight excluding hydrogens is 280 g/mol. The van der Waals surface area contributed by atoms with Gasteiger partial charge in [0.1, 0.15) is 12.2 Å². The van der Waals surface area contributed by atoms with Gasteiger partial charge in [-0.15, -0.1) is 0 Å². The molecule has 0 aliphatic heterocycles. The van der Waals surface area contributed by atoms with E-state index in [2.05, 4.69) is 20.5 Å². The number of amides is 1. The molecule has 1 aromatic carbocycles. The van der Waals surface area contributed by atoms with E-state index in [1.54, 1.807) is 6.92 Å². The first-order valence-corrected chi connectivity index (χ1v) is 7.73. The average Bonchev–Trinajstić information content (AvgIpc) is 2.91. The Balaban J connectivity index is 2.10. The molecular formula is C12H14N4O3S. The zero-order chi connectivity index (χ0) is 14.8. The lowest BCUT2D eigenvalue weighted by Gasteiger charge is -2.11. The van der Waals surface area contributed by atoms with Crippen LogP contribution in [-0.2, 0) is 9.84 Å². The molecule has 2 aromatic rings. The van der Waals surface area contributed by atoms with Crippen molar-refractivity contribution in [3.63, 3.8) is 0 Å². The molecule has 0 aliphatic rings. The van der Waals surface area contributed by atoms with E-state index in [4.69, 9.17) is 0 Å². The maximum Gasteiger partial charge on any atom is 0.251 e. The van der Waals surface area contributed by atoms with Crippen LogP contribution in [0.1, 0.15) is 29.1 Å². The number of benzene rings is 1. The summed E-state index contributed by atoms with van der Waals surface area (Å²) in [6.45, 7) is 1.77. The highest BCUT2D eigenvalue weighted by molar-refractivity contribution is 7.90. The van der Waals surface area contributed by atoms with Gasteiger partial charge in [0.25, 0.3) is 5.91 Å². The van der Waals surface area contributed by atoms with Gasteiger partial charge in [-0.05, 0) is 31.2 Å². The summed E-state index contributed by atoms with van der Waals surface area (Å²) < 4.78 is 22.7. The predicted octanol–water partition coefficient (Wildman–Crippen LogP) is 0.699. The molecule has 1 amide bonds. The van der Waals surface area contributed by atoms with Gasteiger partial charge in [0.15, 0.2) is 9.84 Å². The molecule has 0 aliphatic carbocycles. The summed E-state index contributed by atoms with van der Waals surface area (Å²) in [7, 11) is -3.26. The fourth-order valence-electron chi connectivity index (χ4n) is 1.63. The number of rotatable bonds is 4. The van der Waals surface area contributed by atoms with E-state index in [-0.39, 0.29) is 16.8 Å². The standard InChI is InChI=1S/C12H14N4O3S/c1-8(11-13-7-14-16-11)15-12(17)9-3-5-10(6-4-9)20(2,18)19/h3-8H,1-2H3,(H,15,17)(H,13,14,16). The van der Waals surface area contributed by atoms with Gasteiger partial charge in [0.2, 0.25) is 0 Å². The number of nitrogens with zero attached hydrogens (tertiary/aromatic N) is 2. The first-order valence-electron chi connectivity index (χ1n) is 5.84. The van der Waals surface area contributed by atoms with Crippen molar-refractivity contribution in [3.05, 3.63) is 42.0 Å². The van der Waals surface area contributed by atoms with Gasteiger partial charge in [-0.1, -0.05) is 0 Å². The summed E-state index contributed by atoms with van der Waals surface area (Å²) in [4.78, 5) is 16.1. The number of sulfone groups is 1. The number of carbonyl (C=O) groups excluding carboxylic acids is 1. The summed E-state index contributed by atoms with van der Waals surface area (Å²) in [5.41, 5.74) is 0.378. The third-order valence-electron chi connectivity index (χ3n) is 2.74. The summed E-state index contributed by atoms with van der Waals surface area (Å²) in [6, 6.07) is 5.43. The Hall–Kier alpha value is -2.22. The molecule has 0 fully saturated rings. The zero-order valence-electron chi connectivity index (χ0n) is 11.0. The van der Waals surface area contributed by atoms with E-state index in [0.717, 1.165) is 6.26 Å². The number of aromatic amines is 1. The van der Waals surface area contributed by atoms with Gasteiger partial charge in [0, 0.05) is 11.8 Å². The van der Waals surface area contributed by atoms with Crippen LogP contribution in [0.15, 0.2) is 35.5 Å². The minimum Gasteiger partial charge on any atom is -0.342 e. The minimum atomic E-state index is -3.26. The second-order valence-electron chi connectivity index (χ2n) is 4.36. The number of nitrogens with one attached hydrogen (secondary N) is 2. The van der Waals surface area contributed by atoms with Gasteiger partial charge >= 0.3 is 0 Å².